The molecule has 1 aliphatic rings. The van der Waals surface area contributed by atoms with Gasteiger partial charge in [-0.1, -0.05) is 40.5 Å². The molecule has 1 rings (SSSR count). The lowest BCUT2D eigenvalue weighted by molar-refractivity contribution is -0.141. The van der Waals surface area contributed by atoms with Crippen LogP contribution in [0.3, 0.4) is 0 Å². The summed E-state index contributed by atoms with van der Waals surface area (Å²) < 4.78 is 4.94. The molecule has 4 N–H and O–H groups in total. The summed E-state index contributed by atoms with van der Waals surface area (Å²) in [6, 6.07) is -0.783. The predicted molar refractivity (Wildman–Crippen MR) is 108 cm³/mol. The fraction of sp³-hybridized carbons (Fsp3) is 0.895. The van der Waals surface area contributed by atoms with E-state index >= 15 is 0 Å². The monoisotopic (exact) mass is 387 g/mol. The highest BCUT2D eigenvalue weighted by molar-refractivity contribution is 7.80. The lowest BCUT2D eigenvalue weighted by Gasteiger charge is -2.30. The molecule has 6 atom stereocenters. The fourth-order valence-corrected chi connectivity index (χ4v) is 3.42. The first-order valence-corrected chi connectivity index (χ1v) is 10.5. The molecule has 1 heterocycles. The van der Waals surface area contributed by atoms with E-state index < -0.39 is 6.04 Å². The molecule has 0 unspecified atom stereocenters. The Morgan fingerprint density at radius 2 is 1.96 bits per heavy atom. The average Bonchev–Trinajstić information content (AvgIpc) is 3.04. The van der Waals surface area contributed by atoms with Crippen LogP contribution in [-0.2, 0) is 14.3 Å². The van der Waals surface area contributed by atoms with E-state index in [1.807, 2.05) is 0 Å². The summed E-state index contributed by atoms with van der Waals surface area (Å²) >= 11 is 4.30. The standard InChI is InChI=1S/C19H37N3O3S/c1-5-12(3)14(9-15(20)11-26)10-21-17(13(4)6-2)18(23)22-16-7-8-25-19(16)24/h12-17,21,26H,5-11,20H2,1-4H3,(H,22,23)/t12-,13-,14+,15+,16-,17-/m0/s1. The van der Waals surface area contributed by atoms with E-state index in [1.165, 1.54) is 0 Å². The molecule has 6 nitrogen and oxygen atoms in total. The number of nitrogens with two attached hydrogens (primary N) is 1. The Kier molecular flexibility index (Phi) is 10.6. The van der Waals surface area contributed by atoms with Gasteiger partial charge in [0.1, 0.15) is 6.04 Å². The smallest absolute Gasteiger partial charge is 0.328 e. The zero-order valence-corrected chi connectivity index (χ0v) is 17.6. The van der Waals surface area contributed by atoms with Crippen LogP contribution >= 0.6 is 12.6 Å². The Morgan fingerprint density at radius 3 is 2.46 bits per heavy atom. The number of cyclic esters (lactones) is 1. The minimum absolute atomic E-state index is 0.0586. The van der Waals surface area contributed by atoms with Crippen molar-refractivity contribution in [3.63, 3.8) is 0 Å². The molecule has 1 saturated heterocycles. The van der Waals surface area contributed by atoms with Crippen molar-refractivity contribution in [2.45, 2.75) is 71.5 Å². The van der Waals surface area contributed by atoms with Crippen LogP contribution in [0.5, 0.6) is 0 Å². The lowest BCUT2D eigenvalue weighted by atomic mass is 9.86. The summed E-state index contributed by atoms with van der Waals surface area (Å²) in [6.07, 6.45) is 3.38. The van der Waals surface area contributed by atoms with Crippen molar-refractivity contribution in [1.29, 1.82) is 0 Å². The highest BCUT2D eigenvalue weighted by atomic mass is 32.1. The summed E-state index contributed by atoms with van der Waals surface area (Å²) in [4.78, 5) is 24.4. The van der Waals surface area contributed by atoms with Gasteiger partial charge in [0.15, 0.2) is 0 Å². The van der Waals surface area contributed by atoms with Crippen LogP contribution < -0.4 is 16.4 Å². The van der Waals surface area contributed by atoms with Crippen LogP contribution in [0.15, 0.2) is 0 Å². The molecule has 1 aliphatic heterocycles. The van der Waals surface area contributed by atoms with Crippen LogP contribution in [0.4, 0.5) is 0 Å². The zero-order valence-electron chi connectivity index (χ0n) is 16.7. The molecular formula is C19H37N3O3S. The van der Waals surface area contributed by atoms with Gasteiger partial charge >= 0.3 is 5.97 Å². The van der Waals surface area contributed by atoms with Crippen molar-refractivity contribution in [1.82, 2.24) is 10.6 Å². The van der Waals surface area contributed by atoms with Gasteiger partial charge in [0.25, 0.3) is 0 Å². The molecule has 152 valence electrons. The first-order chi connectivity index (χ1) is 12.3. The van der Waals surface area contributed by atoms with E-state index in [1.54, 1.807) is 0 Å². The quantitative estimate of drug-likeness (QED) is 0.302. The number of carbonyl (C=O) groups excluding carboxylic acids is 2. The molecule has 0 aromatic rings. The van der Waals surface area contributed by atoms with Crippen molar-refractivity contribution in [2.24, 2.45) is 23.5 Å². The van der Waals surface area contributed by atoms with Gasteiger partial charge in [0.2, 0.25) is 5.91 Å². The van der Waals surface area contributed by atoms with E-state index in [0.717, 1.165) is 25.8 Å². The molecule has 0 aliphatic carbocycles. The van der Waals surface area contributed by atoms with Crippen LogP contribution in [0, 0.1) is 17.8 Å². The molecule has 26 heavy (non-hydrogen) atoms. The Bertz CT molecular complexity index is 450. The number of ether oxygens (including phenoxy) is 1. The van der Waals surface area contributed by atoms with Crippen LogP contribution in [0.1, 0.15) is 53.4 Å². The van der Waals surface area contributed by atoms with Gasteiger partial charge in [-0.05, 0) is 30.7 Å². The molecule has 0 aromatic carbocycles. The molecule has 0 radical (unpaired) electrons. The van der Waals surface area contributed by atoms with Gasteiger partial charge in [-0.3, -0.25) is 4.79 Å². The number of rotatable bonds is 12. The van der Waals surface area contributed by atoms with Crippen LogP contribution in [0.25, 0.3) is 0 Å². The minimum Gasteiger partial charge on any atom is -0.464 e. The number of hydrogen-bond donors (Lipinski definition) is 4. The van der Waals surface area contributed by atoms with Gasteiger partial charge in [0.05, 0.1) is 12.6 Å². The number of carbonyl (C=O) groups is 2. The maximum absolute atomic E-state index is 12.8. The number of thiol groups is 1. The molecule has 0 bridgehead atoms. The molecule has 0 saturated carbocycles. The van der Waals surface area contributed by atoms with Gasteiger partial charge < -0.3 is 21.1 Å². The Hall–Kier alpha value is -0.790. The van der Waals surface area contributed by atoms with Crippen molar-refractivity contribution in [3.8, 4) is 0 Å². The molecule has 0 aromatic heterocycles. The van der Waals surface area contributed by atoms with Gasteiger partial charge in [-0.2, -0.15) is 12.6 Å². The maximum atomic E-state index is 12.8. The van der Waals surface area contributed by atoms with Gasteiger partial charge in [-0.15, -0.1) is 0 Å². The van der Waals surface area contributed by atoms with Crippen LogP contribution in [0.2, 0.25) is 0 Å². The van der Waals surface area contributed by atoms with Gasteiger partial charge in [-0.25, -0.2) is 4.79 Å². The summed E-state index contributed by atoms with van der Waals surface area (Å²) in [7, 11) is 0. The van der Waals surface area contributed by atoms with Gasteiger partial charge in [0, 0.05) is 18.2 Å². The van der Waals surface area contributed by atoms with E-state index in [2.05, 4.69) is 51.0 Å². The number of nitrogens with one attached hydrogen (secondary N) is 2. The second kappa shape index (κ2) is 11.8. The third-order valence-electron chi connectivity index (χ3n) is 5.64. The van der Waals surface area contributed by atoms with Crippen molar-refractivity contribution in [3.05, 3.63) is 0 Å². The van der Waals surface area contributed by atoms with Crippen molar-refractivity contribution in [2.75, 3.05) is 18.9 Å². The number of esters is 1. The number of hydrogen-bond acceptors (Lipinski definition) is 6. The first kappa shape index (κ1) is 23.2. The first-order valence-electron chi connectivity index (χ1n) is 9.90. The van der Waals surface area contributed by atoms with E-state index in [4.69, 9.17) is 10.5 Å². The Morgan fingerprint density at radius 1 is 1.31 bits per heavy atom. The Balaban J connectivity index is 2.71. The Labute approximate surface area is 163 Å². The largest absolute Gasteiger partial charge is 0.464 e. The van der Waals surface area contributed by atoms with E-state index in [-0.39, 0.29) is 29.9 Å². The predicted octanol–water partition coefficient (Wildman–Crippen LogP) is 1.73. The highest BCUT2D eigenvalue weighted by Crippen LogP contribution is 2.21. The number of amides is 1. The topological polar surface area (TPSA) is 93.5 Å². The van der Waals surface area contributed by atoms with Crippen molar-refractivity contribution < 1.29 is 14.3 Å². The van der Waals surface area contributed by atoms with E-state index in [9.17, 15) is 9.59 Å². The third kappa shape index (κ3) is 7.08. The summed E-state index contributed by atoms with van der Waals surface area (Å²) in [5.74, 6) is 1.27. The molecule has 7 heteroatoms. The zero-order chi connectivity index (χ0) is 19.7. The molecule has 1 fully saturated rings. The molecule has 0 spiro atoms. The lowest BCUT2D eigenvalue weighted by Crippen LogP contribution is -2.53. The third-order valence-corrected chi connectivity index (χ3v) is 6.10. The summed E-state index contributed by atoms with van der Waals surface area (Å²) in [6.45, 7) is 9.64. The second-order valence-electron chi connectivity index (χ2n) is 7.61. The maximum Gasteiger partial charge on any atom is 0.328 e. The minimum atomic E-state index is -0.515. The van der Waals surface area contributed by atoms with Crippen molar-refractivity contribution >= 4 is 24.5 Å². The fourth-order valence-electron chi connectivity index (χ4n) is 3.27. The molecule has 1 amide bonds. The van der Waals surface area contributed by atoms with E-state index in [0.29, 0.717) is 30.6 Å². The molecular weight excluding hydrogens is 350 g/mol. The second-order valence-corrected chi connectivity index (χ2v) is 7.98. The normalized spacial score (nSPS) is 23.0. The summed E-state index contributed by atoms with van der Waals surface area (Å²) in [5.41, 5.74) is 6.11. The SMILES string of the molecule is CC[C@H](C)[C@@H](CN[C@H](C(=O)N[C@H]1CCOC1=O)[C@@H](C)CC)C[C@@H](N)CS. The van der Waals surface area contributed by atoms with Crippen LogP contribution in [-0.4, -0.2) is 48.9 Å². The average molecular weight is 388 g/mol. The highest BCUT2D eigenvalue weighted by Gasteiger charge is 2.32. The summed E-state index contributed by atoms with van der Waals surface area (Å²) in [5, 5.41) is 6.31.